The summed E-state index contributed by atoms with van der Waals surface area (Å²) in [5.41, 5.74) is 1.27. The summed E-state index contributed by atoms with van der Waals surface area (Å²) in [5.74, 6) is 3.16. The first kappa shape index (κ1) is 17.0. The Morgan fingerprint density at radius 2 is 1.92 bits per heavy atom. The minimum Gasteiger partial charge on any atom is -0.493 e. The molecule has 1 aromatic heterocycles. The van der Waals surface area contributed by atoms with Gasteiger partial charge in [-0.25, -0.2) is 0 Å². The zero-order valence-corrected chi connectivity index (χ0v) is 14.7. The molecule has 24 heavy (non-hydrogen) atoms. The van der Waals surface area contributed by atoms with E-state index >= 15 is 0 Å². The van der Waals surface area contributed by atoms with Gasteiger partial charge < -0.3 is 19.3 Å². The maximum Gasteiger partial charge on any atom is 0.230 e. The lowest BCUT2D eigenvalue weighted by atomic mass is 9.92. The van der Waals surface area contributed by atoms with Crippen molar-refractivity contribution in [3.63, 3.8) is 0 Å². The maximum atomic E-state index is 5.55. The Kier molecular flexibility index (Phi) is 4.69. The summed E-state index contributed by atoms with van der Waals surface area (Å²) in [6.07, 6.45) is 3.57. The van der Waals surface area contributed by atoms with Gasteiger partial charge in [-0.15, -0.1) is 12.4 Å². The van der Waals surface area contributed by atoms with Crippen molar-refractivity contribution in [2.24, 2.45) is 5.41 Å². The molecule has 1 aromatic carbocycles. The van der Waals surface area contributed by atoms with Gasteiger partial charge in [0, 0.05) is 11.5 Å². The average molecular weight is 352 g/mol. The zero-order valence-electron chi connectivity index (χ0n) is 13.9. The summed E-state index contributed by atoms with van der Waals surface area (Å²) < 4.78 is 16.1. The van der Waals surface area contributed by atoms with Gasteiger partial charge in [0.25, 0.3) is 0 Å². The van der Waals surface area contributed by atoms with Crippen LogP contribution < -0.4 is 14.8 Å². The minimum atomic E-state index is 0. The van der Waals surface area contributed by atoms with Crippen molar-refractivity contribution in [2.75, 3.05) is 27.3 Å². The first-order valence-electron chi connectivity index (χ1n) is 8.02. The van der Waals surface area contributed by atoms with E-state index in [4.69, 9.17) is 14.0 Å². The Labute approximate surface area is 147 Å². The fourth-order valence-electron chi connectivity index (χ4n) is 3.64. The molecule has 130 valence electrons. The number of piperidine rings is 1. The molecular weight excluding hydrogens is 330 g/mol. The van der Waals surface area contributed by atoms with Crippen LogP contribution in [0.25, 0.3) is 11.4 Å². The lowest BCUT2D eigenvalue weighted by Crippen LogP contribution is -2.29. The smallest absolute Gasteiger partial charge is 0.230 e. The van der Waals surface area contributed by atoms with Gasteiger partial charge in [0.1, 0.15) is 0 Å². The molecule has 1 saturated heterocycles. The number of benzene rings is 1. The third kappa shape index (κ3) is 2.84. The second-order valence-electron chi connectivity index (χ2n) is 6.40. The van der Waals surface area contributed by atoms with Crippen LogP contribution in [-0.4, -0.2) is 37.4 Å². The minimum absolute atomic E-state index is 0. The number of ether oxygens (including phenoxy) is 2. The number of hydrogen-bond acceptors (Lipinski definition) is 6. The summed E-state index contributed by atoms with van der Waals surface area (Å²) in [4.78, 5) is 4.63. The maximum absolute atomic E-state index is 5.55. The second-order valence-corrected chi connectivity index (χ2v) is 6.40. The van der Waals surface area contributed by atoms with Crippen molar-refractivity contribution in [3.05, 3.63) is 24.1 Å². The van der Waals surface area contributed by atoms with E-state index < -0.39 is 0 Å². The van der Waals surface area contributed by atoms with Crippen LogP contribution in [0.2, 0.25) is 0 Å². The van der Waals surface area contributed by atoms with Crippen molar-refractivity contribution in [2.45, 2.75) is 25.2 Å². The Bertz CT molecular complexity index is 713. The van der Waals surface area contributed by atoms with Crippen molar-refractivity contribution in [1.82, 2.24) is 15.5 Å². The van der Waals surface area contributed by atoms with Crippen molar-refractivity contribution < 1.29 is 14.0 Å². The highest BCUT2D eigenvalue weighted by atomic mass is 35.5. The molecule has 7 heteroatoms. The second kappa shape index (κ2) is 6.61. The van der Waals surface area contributed by atoms with Crippen molar-refractivity contribution >= 4 is 12.4 Å². The highest BCUT2D eigenvalue weighted by molar-refractivity contribution is 5.85. The number of aromatic nitrogens is 2. The van der Waals surface area contributed by atoms with E-state index in [1.165, 1.54) is 19.3 Å². The van der Waals surface area contributed by atoms with Crippen molar-refractivity contribution in [1.29, 1.82) is 0 Å². The Hall–Kier alpha value is -1.79. The van der Waals surface area contributed by atoms with E-state index in [9.17, 15) is 0 Å². The molecule has 6 nitrogen and oxygen atoms in total. The third-order valence-electron chi connectivity index (χ3n) is 5.17. The van der Waals surface area contributed by atoms with Crippen LogP contribution in [0.15, 0.2) is 22.7 Å². The highest BCUT2D eigenvalue weighted by Crippen LogP contribution is 2.63. The van der Waals surface area contributed by atoms with E-state index in [-0.39, 0.29) is 12.4 Å². The van der Waals surface area contributed by atoms with E-state index in [1.807, 2.05) is 18.2 Å². The molecule has 4 rings (SSSR count). The quantitative estimate of drug-likeness (QED) is 0.913. The summed E-state index contributed by atoms with van der Waals surface area (Å²) in [6.45, 7) is 2.18. The first-order valence-corrected chi connectivity index (χ1v) is 8.02. The van der Waals surface area contributed by atoms with E-state index in [2.05, 4.69) is 15.5 Å². The highest BCUT2D eigenvalue weighted by Gasteiger charge is 2.57. The standard InChI is InChI=1S/C17H21N3O3.ClH/c1-21-13-4-3-11(9-14(13)22-2)15-19-16(23-20-15)12-10-17(12)5-7-18-8-6-17;/h3-4,9,12,18H,5-8,10H2,1-2H3;1H. The topological polar surface area (TPSA) is 69.4 Å². The molecule has 1 N–H and O–H groups in total. The van der Waals surface area contributed by atoms with Gasteiger partial charge >= 0.3 is 0 Å². The van der Waals surface area contributed by atoms with Crippen LogP contribution in [0.1, 0.15) is 31.1 Å². The van der Waals surface area contributed by atoms with Gasteiger partial charge in [0.2, 0.25) is 11.7 Å². The predicted molar refractivity (Wildman–Crippen MR) is 92.0 cm³/mol. The Morgan fingerprint density at radius 1 is 1.17 bits per heavy atom. The van der Waals surface area contributed by atoms with Crippen LogP contribution >= 0.6 is 12.4 Å². The molecule has 2 aromatic rings. The molecule has 2 fully saturated rings. The van der Waals surface area contributed by atoms with E-state index in [0.717, 1.165) is 24.5 Å². The molecule has 0 bridgehead atoms. The van der Waals surface area contributed by atoms with Crippen LogP contribution in [0.3, 0.4) is 0 Å². The first-order chi connectivity index (χ1) is 11.3. The normalized spacial score (nSPS) is 21.2. The molecule has 1 spiro atoms. The summed E-state index contributed by atoms with van der Waals surface area (Å²) in [6, 6.07) is 5.65. The van der Waals surface area contributed by atoms with Gasteiger partial charge in [-0.05, 0) is 56.0 Å². The molecule has 0 radical (unpaired) electrons. The summed E-state index contributed by atoms with van der Waals surface area (Å²) in [7, 11) is 3.24. The molecule has 2 heterocycles. The Balaban J connectivity index is 0.00000169. The number of hydrogen-bond donors (Lipinski definition) is 1. The van der Waals surface area contributed by atoms with Crippen molar-refractivity contribution in [3.8, 4) is 22.9 Å². The van der Waals surface area contributed by atoms with Gasteiger partial charge in [-0.2, -0.15) is 4.98 Å². The van der Waals surface area contributed by atoms with Crippen LogP contribution in [-0.2, 0) is 0 Å². The number of halogens is 1. The number of nitrogens with one attached hydrogen (secondary N) is 1. The monoisotopic (exact) mass is 351 g/mol. The molecule has 0 amide bonds. The SMILES string of the molecule is COc1ccc(-c2noc(C3CC34CCNCC4)n2)cc1OC.Cl. The predicted octanol–water partition coefficient (Wildman–Crippen LogP) is 3.03. The van der Waals surface area contributed by atoms with Crippen LogP contribution in [0, 0.1) is 5.41 Å². The number of rotatable bonds is 4. The Morgan fingerprint density at radius 3 is 2.62 bits per heavy atom. The molecule has 1 saturated carbocycles. The molecule has 1 unspecified atom stereocenters. The van der Waals surface area contributed by atoms with E-state index in [0.29, 0.717) is 28.7 Å². The van der Waals surface area contributed by atoms with Gasteiger partial charge in [0.05, 0.1) is 14.2 Å². The van der Waals surface area contributed by atoms with Gasteiger partial charge in [-0.1, -0.05) is 5.16 Å². The van der Waals surface area contributed by atoms with Crippen LogP contribution in [0.4, 0.5) is 0 Å². The largest absolute Gasteiger partial charge is 0.493 e. The third-order valence-corrected chi connectivity index (χ3v) is 5.17. The van der Waals surface area contributed by atoms with Gasteiger partial charge in [0.15, 0.2) is 11.5 Å². The molecule has 2 aliphatic rings. The fourth-order valence-corrected chi connectivity index (χ4v) is 3.64. The number of methoxy groups -OCH3 is 2. The molecule has 1 atom stereocenters. The molecular formula is C17H22ClN3O3. The average Bonchev–Trinajstić information content (AvgIpc) is 3.07. The summed E-state index contributed by atoms with van der Waals surface area (Å²) >= 11 is 0. The van der Waals surface area contributed by atoms with Gasteiger partial charge in [-0.3, -0.25) is 0 Å². The fraction of sp³-hybridized carbons (Fsp3) is 0.529. The van der Waals surface area contributed by atoms with Crippen LogP contribution in [0.5, 0.6) is 11.5 Å². The lowest BCUT2D eigenvalue weighted by molar-refractivity contribution is 0.311. The molecule has 1 aliphatic heterocycles. The summed E-state index contributed by atoms with van der Waals surface area (Å²) in [5, 5.41) is 7.57. The lowest BCUT2D eigenvalue weighted by Gasteiger charge is -2.22. The molecule has 1 aliphatic carbocycles. The zero-order chi connectivity index (χ0) is 15.9. The van der Waals surface area contributed by atoms with E-state index in [1.54, 1.807) is 14.2 Å². The number of nitrogens with zero attached hydrogens (tertiary/aromatic N) is 2.